The summed E-state index contributed by atoms with van der Waals surface area (Å²) < 4.78 is 16.9. The summed E-state index contributed by atoms with van der Waals surface area (Å²) >= 11 is 0. The van der Waals surface area contributed by atoms with E-state index in [0.717, 1.165) is 96.3 Å². The predicted octanol–water partition coefficient (Wildman–Crippen LogP) is 22.2. The zero-order chi connectivity index (χ0) is 53.6. The lowest BCUT2D eigenvalue weighted by Crippen LogP contribution is -2.30. The predicted molar refractivity (Wildman–Crippen MR) is 321 cm³/mol. The third-order valence-electron chi connectivity index (χ3n) is 14.6. The summed E-state index contributed by atoms with van der Waals surface area (Å²) in [7, 11) is 0. The second kappa shape index (κ2) is 62.9. The molecule has 0 aromatic heterocycles. The van der Waals surface area contributed by atoms with Crippen molar-refractivity contribution in [2.24, 2.45) is 0 Å². The first kappa shape index (κ1) is 71.4. The highest BCUT2D eigenvalue weighted by molar-refractivity contribution is 5.71. The summed E-state index contributed by atoms with van der Waals surface area (Å²) in [5.41, 5.74) is 0. The average Bonchev–Trinajstić information content (AvgIpc) is 3.40. The first-order valence-electron chi connectivity index (χ1n) is 32.6. The van der Waals surface area contributed by atoms with Gasteiger partial charge in [-0.1, -0.05) is 301 Å². The minimum Gasteiger partial charge on any atom is -0.462 e. The van der Waals surface area contributed by atoms with Gasteiger partial charge in [0.1, 0.15) is 13.2 Å². The number of allylic oxidation sites excluding steroid dienone is 8. The van der Waals surface area contributed by atoms with Gasteiger partial charge in [0.25, 0.3) is 0 Å². The molecule has 0 amide bonds. The first-order valence-corrected chi connectivity index (χ1v) is 32.6. The summed E-state index contributed by atoms with van der Waals surface area (Å²) in [6.45, 7) is 6.56. The summed E-state index contributed by atoms with van der Waals surface area (Å²) in [6.07, 6.45) is 78.4. The smallest absolute Gasteiger partial charge is 0.306 e. The molecule has 0 heterocycles. The molecule has 0 rings (SSSR count). The van der Waals surface area contributed by atoms with Crippen molar-refractivity contribution in [3.63, 3.8) is 0 Å². The summed E-state index contributed by atoms with van der Waals surface area (Å²) in [4.78, 5) is 38.3. The molecule has 0 aliphatic heterocycles. The summed E-state index contributed by atoms with van der Waals surface area (Å²) in [6, 6.07) is 0. The molecule has 1 atom stereocenters. The van der Waals surface area contributed by atoms with Crippen LogP contribution in [0.5, 0.6) is 0 Å². The van der Waals surface area contributed by atoms with Crippen LogP contribution >= 0.6 is 0 Å². The lowest BCUT2D eigenvalue weighted by atomic mass is 10.0. The Morgan fingerprint density at radius 2 is 0.527 bits per heavy atom. The Balaban J connectivity index is 4.28. The van der Waals surface area contributed by atoms with Crippen LogP contribution in [0, 0.1) is 0 Å². The van der Waals surface area contributed by atoms with Crippen molar-refractivity contribution < 1.29 is 28.6 Å². The molecule has 0 N–H and O–H groups in total. The van der Waals surface area contributed by atoms with E-state index in [0.29, 0.717) is 19.3 Å². The van der Waals surface area contributed by atoms with Gasteiger partial charge in [-0.05, 0) is 77.0 Å². The van der Waals surface area contributed by atoms with Crippen molar-refractivity contribution in [2.75, 3.05) is 13.2 Å². The van der Waals surface area contributed by atoms with Crippen LogP contribution in [-0.2, 0) is 28.6 Å². The largest absolute Gasteiger partial charge is 0.462 e. The van der Waals surface area contributed by atoms with Crippen LogP contribution < -0.4 is 0 Å². The van der Waals surface area contributed by atoms with E-state index >= 15 is 0 Å². The van der Waals surface area contributed by atoms with Crippen LogP contribution in [-0.4, -0.2) is 37.2 Å². The highest BCUT2D eigenvalue weighted by Crippen LogP contribution is 2.18. The van der Waals surface area contributed by atoms with Crippen molar-refractivity contribution in [1.29, 1.82) is 0 Å². The van der Waals surface area contributed by atoms with Gasteiger partial charge in [-0.2, -0.15) is 0 Å². The zero-order valence-electron chi connectivity index (χ0n) is 49.6. The van der Waals surface area contributed by atoms with E-state index in [1.807, 2.05) is 0 Å². The van der Waals surface area contributed by atoms with Crippen LogP contribution in [0.15, 0.2) is 48.6 Å². The summed E-state index contributed by atoms with van der Waals surface area (Å²) in [5.74, 6) is -0.878. The van der Waals surface area contributed by atoms with Gasteiger partial charge in [0.2, 0.25) is 0 Å². The monoisotopic (exact) mass is 1040 g/mol. The van der Waals surface area contributed by atoms with E-state index in [1.54, 1.807) is 0 Å². The molecule has 0 aromatic carbocycles. The fourth-order valence-corrected chi connectivity index (χ4v) is 9.69. The van der Waals surface area contributed by atoms with Crippen LogP contribution in [0.1, 0.15) is 348 Å². The fourth-order valence-electron chi connectivity index (χ4n) is 9.69. The summed E-state index contributed by atoms with van der Waals surface area (Å²) in [5, 5.41) is 0. The molecular formula is C68H124O6. The number of carbonyl (C=O) groups is 3. The molecule has 0 aliphatic rings. The highest BCUT2D eigenvalue weighted by atomic mass is 16.6. The third kappa shape index (κ3) is 60.2. The number of rotatable bonds is 60. The molecule has 6 nitrogen and oxygen atoms in total. The molecule has 6 heteroatoms. The molecule has 1 unspecified atom stereocenters. The molecular weight excluding hydrogens is 913 g/mol. The molecule has 0 fully saturated rings. The van der Waals surface area contributed by atoms with E-state index in [2.05, 4.69) is 69.4 Å². The average molecular weight is 1040 g/mol. The number of ether oxygens (including phenoxy) is 3. The Labute approximate surface area is 460 Å². The Bertz CT molecular complexity index is 1280. The van der Waals surface area contributed by atoms with Gasteiger partial charge >= 0.3 is 17.9 Å². The lowest BCUT2D eigenvalue weighted by molar-refractivity contribution is -0.167. The molecule has 0 aliphatic carbocycles. The quantitative estimate of drug-likeness (QED) is 0.0261. The van der Waals surface area contributed by atoms with Crippen LogP contribution in [0.3, 0.4) is 0 Å². The maximum atomic E-state index is 12.9. The van der Waals surface area contributed by atoms with Crippen molar-refractivity contribution >= 4 is 17.9 Å². The van der Waals surface area contributed by atoms with E-state index in [9.17, 15) is 14.4 Å². The van der Waals surface area contributed by atoms with Gasteiger partial charge < -0.3 is 14.2 Å². The number of hydrogen-bond donors (Lipinski definition) is 0. The second-order valence-electron chi connectivity index (χ2n) is 22.0. The number of unbranched alkanes of at least 4 members (excludes halogenated alkanes) is 41. The van der Waals surface area contributed by atoms with Crippen molar-refractivity contribution in [3.8, 4) is 0 Å². The molecule has 432 valence electrons. The molecule has 74 heavy (non-hydrogen) atoms. The first-order chi connectivity index (χ1) is 36.5. The molecule has 0 bridgehead atoms. The SMILES string of the molecule is CC/C=C\C/C=C\C/C=C\CCCCCCCC(=O)OCC(COC(=O)CCCCCCCCCCCCCCCCCCCCCCCCCC)OC(=O)CCCCCCCCC/C=C\CCCCCCCC. The Morgan fingerprint density at radius 1 is 0.284 bits per heavy atom. The standard InChI is InChI=1S/C68H124O6/c1-4-7-10-13-16-19-22-25-28-30-31-32-33-34-35-36-38-40-43-46-49-52-55-58-61-67(70)73-64-65(63-72-66(69)60-57-54-51-48-45-42-39-27-24-21-18-15-12-9-6-3)74-68(71)62-59-56-53-50-47-44-41-37-29-26-23-20-17-14-11-8-5-2/h9,12,18,21,26-27,29,39,65H,4-8,10-11,13-17,19-20,22-25,28,30-38,40-64H2,1-3H3/b12-9-,21-18-,29-26-,39-27-. The van der Waals surface area contributed by atoms with E-state index in [4.69, 9.17) is 14.2 Å². The number of carbonyl (C=O) groups excluding carboxylic acids is 3. The van der Waals surface area contributed by atoms with Gasteiger partial charge in [0.15, 0.2) is 6.10 Å². The van der Waals surface area contributed by atoms with Gasteiger partial charge in [-0.3, -0.25) is 14.4 Å². The van der Waals surface area contributed by atoms with Gasteiger partial charge in [-0.15, -0.1) is 0 Å². The van der Waals surface area contributed by atoms with Gasteiger partial charge in [0, 0.05) is 19.3 Å². The minimum atomic E-state index is -0.782. The molecule has 0 spiro atoms. The lowest BCUT2D eigenvalue weighted by Gasteiger charge is -2.18. The van der Waals surface area contributed by atoms with Crippen molar-refractivity contribution in [1.82, 2.24) is 0 Å². The maximum absolute atomic E-state index is 12.9. The van der Waals surface area contributed by atoms with Crippen LogP contribution in [0.4, 0.5) is 0 Å². The number of esters is 3. The molecule has 0 aromatic rings. The Kier molecular flexibility index (Phi) is 60.7. The van der Waals surface area contributed by atoms with E-state index < -0.39 is 6.10 Å². The minimum absolute atomic E-state index is 0.0769. The molecule has 0 saturated carbocycles. The van der Waals surface area contributed by atoms with Crippen molar-refractivity contribution in [2.45, 2.75) is 354 Å². The van der Waals surface area contributed by atoms with Gasteiger partial charge in [-0.25, -0.2) is 0 Å². The normalized spacial score (nSPS) is 12.3. The highest BCUT2D eigenvalue weighted by Gasteiger charge is 2.19. The fraction of sp³-hybridized carbons (Fsp3) is 0.838. The zero-order valence-corrected chi connectivity index (χ0v) is 49.6. The molecule has 0 saturated heterocycles. The van der Waals surface area contributed by atoms with Crippen molar-refractivity contribution in [3.05, 3.63) is 48.6 Å². The third-order valence-corrected chi connectivity index (χ3v) is 14.6. The molecule has 0 radical (unpaired) electrons. The van der Waals surface area contributed by atoms with E-state index in [-0.39, 0.29) is 31.1 Å². The van der Waals surface area contributed by atoms with E-state index in [1.165, 1.54) is 212 Å². The topological polar surface area (TPSA) is 78.9 Å². The number of hydrogen-bond acceptors (Lipinski definition) is 6. The second-order valence-corrected chi connectivity index (χ2v) is 22.0. The van der Waals surface area contributed by atoms with Crippen LogP contribution in [0.2, 0.25) is 0 Å². The van der Waals surface area contributed by atoms with Gasteiger partial charge in [0.05, 0.1) is 0 Å². The Hall–Kier alpha value is -2.63. The maximum Gasteiger partial charge on any atom is 0.306 e. The van der Waals surface area contributed by atoms with Crippen LogP contribution in [0.25, 0.3) is 0 Å². The Morgan fingerprint density at radius 3 is 0.838 bits per heavy atom.